The van der Waals surface area contributed by atoms with Gasteiger partial charge in [0.05, 0.1) is 0 Å². The predicted octanol–water partition coefficient (Wildman–Crippen LogP) is 6.23. The molecule has 2 aromatic rings. The topological polar surface area (TPSA) is 20.3 Å². The van der Waals surface area contributed by atoms with Gasteiger partial charge in [0.1, 0.15) is 0 Å². The molecule has 2 aromatic carbocycles. The Bertz CT molecular complexity index is 721. The highest BCUT2D eigenvalue weighted by atomic mass is 35.5. The second kappa shape index (κ2) is 9.55. The quantitative estimate of drug-likeness (QED) is 0.413. The Labute approximate surface area is 166 Å². The fraction of sp³-hybridized carbons (Fsp3) is 0.409. The van der Waals surface area contributed by atoms with Crippen molar-refractivity contribution in [2.75, 3.05) is 19.6 Å². The minimum atomic E-state index is 0.207. The van der Waals surface area contributed by atoms with Gasteiger partial charge in [-0.25, -0.2) is 0 Å². The lowest BCUT2D eigenvalue weighted by Gasteiger charge is -2.32. The summed E-state index contributed by atoms with van der Waals surface area (Å²) in [4.78, 5) is 14.7. The van der Waals surface area contributed by atoms with Gasteiger partial charge in [0.2, 0.25) is 0 Å². The molecule has 0 unspecified atom stereocenters. The van der Waals surface area contributed by atoms with E-state index in [-0.39, 0.29) is 5.78 Å². The summed E-state index contributed by atoms with van der Waals surface area (Å²) in [5, 5.41) is 1.56. The Morgan fingerprint density at radius 1 is 0.962 bits per heavy atom. The van der Waals surface area contributed by atoms with Crippen LogP contribution >= 0.6 is 23.2 Å². The van der Waals surface area contributed by atoms with Gasteiger partial charge in [0.25, 0.3) is 0 Å². The fourth-order valence-electron chi connectivity index (χ4n) is 3.67. The van der Waals surface area contributed by atoms with E-state index < -0.39 is 0 Å². The Balaban J connectivity index is 1.36. The molecule has 0 aromatic heterocycles. The first kappa shape index (κ1) is 19.4. The number of Topliss-reactive ketones (excluding diaryl/α,β-unsaturated/α-hetero) is 1. The van der Waals surface area contributed by atoms with Crippen LogP contribution in [0.2, 0.25) is 10.0 Å². The SMILES string of the molecule is O=C(CCCCN1CCC(c2ccccc2Cl)CC1)c1ccc(Cl)cc1. The lowest BCUT2D eigenvalue weighted by molar-refractivity contribution is 0.0977. The van der Waals surface area contributed by atoms with Crippen LogP contribution in [0, 0.1) is 0 Å². The number of hydrogen-bond donors (Lipinski definition) is 0. The average Bonchev–Trinajstić information content (AvgIpc) is 2.67. The van der Waals surface area contributed by atoms with Crippen LogP contribution in [0.4, 0.5) is 0 Å². The van der Waals surface area contributed by atoms with Gasteiger partial charge in [-0.1, -0.05) is 41.4 Å². The molecule has 26 heavy (non-hydrogen) atoms. The van der Waals surface area contributed by atoms with E-state index in [9.17, 15) is 4.79 Å². The number of benzene rings is 2. The van der Waals surface area contributed by atoms with Gasteiger partial charge >= 0.3 is 0 Å². The van der Waals surface area contributed by atoms with E-state index in [1.807, 2.05) is 24.3 Å². The molecule has 3 rings (SSSR count). The van der Waals surface area contributed by atoms with E-state index in [2.05, 4.69) is 17.0 Å². The maximum atomic E-state index is 12.2. The van der Waals surface area contributed by atoms with E-state index in [1.165, 1.54) is 5.56 Å². The van der Waals surface area contributed by atoms with Crippen LogP contribution in [-0.4, -0.2) is 30.3 Å². The molecule has 0 aliphatic carbocycles. The molecule has 1 aliphatic rings. The molecule has 0 radical (unpaired) electrons. The van der Waals surface area contributed by atoms with Crippen LogP contribution in [0.5, 0.6) is 0 Å². The van der Waals surface area contributed by atoms with Crippen LogP contribution in [0.15, 0.2) is 48.5 Å². The first-order valence-corrected chi connectivity index (χ1v) is 10.1. The van der Waals surface area contributed by atoms with Crippen molar-refractivity contribution < 1.29 is 4.79 Å². The van der Waals surface area contributed by atoms with Crippen LogP contribution in [0.25, 0.3) is 0 Å². The fourth-order valence-corrected chi connectivity index (χ4v) is 4.09. The summed E-state index contributed by atoms with van der Waals surface area (Å²) >= 11 is 12.2. The minimum Gasteiger partial charge on any atom is -0.303 e. The Hall–Kier alpha value is -1.35. The molecule has 1 saturated heterocycles. The minimum absolute atomic E-state index is 0.207. The number of carbonyl (C=O) groups excluding carboxylic acids is 1. The van der Waals surface area contributed by atoms with Crippen molar-refractivity contribution in [3.63, 3.8) is 0 Å². The Morgan fingerprint density at radius 3 is 2.35 bits per heavy atom. The number of hydrogen-bond acceptors (Lipinski definition) is 2. The predicted molar refractivity (Wildman–Crippen MR) is 110 cm³/mol. The normalized spacial score (nSPS) is 15.9. The molecule has 0 spiro atoms. The maximum Gasteiger partial charge on any atom is 0.162 e. The zero-order valence-corrected chi connectivity index (χ0v) is 16.5. The lowest BCUT2D eigenvalue weighted by atomic mass is 9.89. The van der Waals surface area contributed by atoms with Crippen molar-refractivity contribution >= 4 is 29.0 Å². The Kier molecular flexibility index (Phi) is 7.13. The molecule has 1 aliphatic heterocycles. The van der Waals surface area contributed by atoms with Crippen molar-refractivity contribution in [2.24, 2.45) is 0 Å². The molecule has 0 N–H and O–H groups in total. The van der Waals surface area contributed by atoms with E-state index >= 15 is 0 Å². The summed E-state index contributed by atoms with van der Waals surface area (Å²) in [7, 11) is 0. The van der Waals surface area contributed by atoms with E-state index in [4.69, 9.17) is 23.2 Å². The highest BCUT2D eigenvalue weighted by molar-refractivity contribution is 6.31. The summed E-state index contributed by atoms with van der Waals surface area (Å²) in [6.45, 7) is 3.30. The zero-order chi connectivity index (χ0) is 18.4. The van der Waals surface area contributed by atoms with Crippen LogP contribution in [-0.2, 0) is 0 Å². The second-order valence-corrected chi connectivity index (χ2v) is 7.87. The van der Waals surface area contributed by atoms with E-state index in [1.54, 1.807) is 12.1 Å². The summed E-state index contributed by atoms with van der Waals surface area (Å²) in [6, 6.07) is 15.4. The second-order valence-electron chi connectivity index (χ2n) is 7.02. The smallest absolute Gasteiger partial charge is 0.162 e. The van der Waals surface area contributed by atoms with Crippen LogP contribution in [0.1, 0.15) is 53.9 Å². The summed E-state index contributed by atoms with van der Waals surface area (Å²) in [6.07, 6.45) is 4.93. The molecule has 0 bridgehead atoms. The first-order chi connectivity index (χ1) is 12.6. The standard InChI is InChI=1S/C22H25Cl2NO/c23-19-10-8-18(9-11-19)22(26)7-3-4-14-25-15-12-17(13-16-25)20-5-1-2-6-21(20)24/h1-2,5-6,8-11,17H,3-4,7,12-16H2. The number of unbranched alkanes of at least 4 members (excludes halogenated alkanes) is 1. The summed E-state index contributed by atoms with van der Waals surface area (Å²) < 4.78 is 0. The van der Waals surface area contributed by atoms with Crippen molar-refractivity contribution in [3.05, 3.63) is 69.7 Å². The third kappa shape index (κ3) is 5.33. The summed E-state index contributed by atoms with van der Waals surface area (Å²) in [5.41, 5.74) is 2.05. The molecule has 1 heterocycles. The van der Waals surface area contributed by atoms with E-state index in [0.29, 0.717) is 17.4 Å². The van der Waals surface area contributed by atoms with E-state index in [0.717, 1.165) is 55.9 Å². The van der Waals surface area contributed by atoms with Gasteiger partial charge in [-0.05, 0) is 87.1 Å². The average molecular weight is 390 g/mol. The summed E-state index contributed by atoms with van der Waals surface area (Å²) in [5.74, 6) is 0.783. The third-order valence-corrected chi connectivity index (χ3v) is 5.82. The first-order valence-electron chi connectivity index (χ1n) is 9.39. The van der Waals surface area contributed by atoms with Crippen molar-refractivity contribution in [3.8, 4) is 0 Å². The highest BCUT2D eigenvalue weighted by Gasteiger charge is 2.21. The highest BCUT2D eigenvalue weighted by Crippen LogP contribution is 2.32. The molecule has 0 saturated carbocycles. The molecule has 138 valence electrons. The van der Waals surface area contributed by atoms with Gasteiger partial charge in [0, 0.05) is 22.0 Å². The molecule has 4 heteroatoms. The molecular weight excluding hydrogens is 365 g/mol. The number of likely N-dealkylation sites (tertiary alicyclic amines) is 1. The Morgan fingerprint density at radius 2 is 1.65 bits per heavy atom. The number of ketones is 1. The number of rotatable bonds is 7. The van der Waals surface area contributed by atoms with Gasteiger partial charge < -0.3 is 4.90 Å². The number of halogens is 2. The monoisotopic (exact) mass is 389 g/mol. The van der Waals surface area contributed by atoms with Gasteiger partial charge in [-0.2, -0.15) is 0 Å². The van der Waals surface area contributed by atoms with Crippen molar-refractivity contribution in [2.45, 2.75) is 38.0 Å². The van der Waals surface area contributed by atoms with Crippen LogP contribution < -0.4 is 0 Å². The molecular formula is C22H25Cl2NO. The maximum absolute atomic E-state index is 12.2. The van der Waals surface area contributed by atoms with Gasteiger partial charge in [-0.15, -0.1) is 0 Å². The molecule has 0 amide bonds. The van der Waals surface area contributed by atoms with Gasteiger partial charge in [0.15, 0.2) is 5.78 Å². The third-order valence-electron chi connectivity index (χ3n) is 5.23. The zero-order valence-electron chi connectivity index (χ0n) is 15.0. The lowest BCUT2D eigenvalue weighted by Crippen LogP contribution is -2.33. The number of carbonyl (C=O) groups is 1. The van der Waals surface area contributed by atoms with Crippen molar-refractivity contribution in [1.29, 1.82) is 0 Å². The van der Waals surface area contributed by atoms with Crippen LogP contribution in [0.3, 0.4) is 0 Å². The van der Waals surface area contributed by atoms with Crippen molar-refractivity contribution in [1.82, 2.24) is 4.90 Å². The van der Waals surface area contributed by atoms with Gasteiger partial charge in [-0.3, -0.25) is 4.79 Å². The number of nitrogens with zero attached hydrogens (tertiary/aromatic N) is 1. The molecule has 0 atom stereocenters. The molecule has 2 nitrogen and oxygen atoms in total. The largest absolute Gasteiger partial charge is 0.303 e. The number of piperidine rings is 1. The molecule has 1 fully saturated rings.